The lowest BCUT2D eigenvalue weighted by Gasteiger charge is -2.25. The van der Waals surface area contributed by atoms with Crippen LogP contribution in [0.3, 0.4) is 0 Å². The van der Waals surface area contributed by atoms with Gasteiger partial charge in [0.05, 0.1) is 0 Å². The van der Waals surface area contributed by atoms with E-state index in [2.05, 4.69) is 242 Å². The molecule has 15 rings (SSSR count). The first-order chi connectivity index (χ1) is 35.9. The van der Waals surface area contributed by atoms with Crippen LogP contribution in [0, 0.1) is 0 Å². The summed E-state index contributed by atoms with van der Waals surface area (Å²) in [4.78, 5) is 0. The number of fused-ring (bicyclic) bond motifs is 17. The highest BCUT2D eigenvalue weighted by atomic mass is 16.3. The van der Waals surface area contributed by atoms with Crippen LogP contribution in [0.2, 0.25) is 0 Å². The molecule has 3 aliphatic rings. The minimum atomic E-state index is -0.222. The van der Waals surface area contributed by atoms with Gasteiger partial charge in [-0.25, -0.2) is 0 Å². The lowest BCUT2D eigenvalue weighted by molar-refractivity contribution is 0.645. The minimum absolute atomic E-state index is 0.150. The van der Waals surface area contributed by atoms with Crippen LogP contribution in [0.4, 0.5) is 0 Å². The molecular weight excluding hydrogens is 897 g/mol. The molecule has 0 bridgehead atoms. The third kappa shape index (κ3) is 6.12. The van der Waals surface area contributed by atoms with Crippen LogP contribution in [0.25, 0.3) is 99.5 Å². The van der Waals surface area contributed by atoms with Crippen LogP contribution in [0.15, 0.2) is 209 Å². The second-order valence-corrected chi connectivity index (χ2v) is 23.1. The molecule has 1 unspecified atom stereocenters. The Balaban J connectivity index is 0.820. The first-order valence-electron chi connectivity index (χ1n) is 26.5. The molecule has 0 amide bonds. The fraction of sp³-hybridized carbons (Fsp3) is 0.167. The Morgan fingerprint density at radius 3 is 1.54 bits per heavy atom. The van der Waals surface area contributed by atoms with Gasteiger partial charge in [0.1, 0.15) is 22.3 Å². The van der Waals surface area contributed by atoms with Gasteiger partial charge >= 0.3 is 0 Å². The van der Waals surface area contributed by atoms with Gasteiger partial charge in [-0.3, -0.25) is 0 Å². The normalized spacial score (nSPS) is 15.5. The molecule has 0 fully saturated rings. The predicted octanol–water partition coefficient (Wildman–Crippen LogP) is 19.3. The van der Waals surface area contributed by atoms with Crippen LogP contribution in [-0.4, -0.2) is 0 Å². The van der Waals surface area contributed by atoms with E-state index in [4.69, 9.17) is 8.83 Å². The van der Waals surface area contributed by atoms with Crippen LogP contribution in [-0.2, 0) is 29.1 Å². The molecule has 0 saturated carbocycles. The second-order valence-electron chi connectivity index (χ2n) is 23.1. The number of benzene rings is 10. The molecule has 356 valence electrons. The van der Waals surface area contributed by atoms with Gasteiger partial charge < -0.3 is 8.83 Å². The van der Waals surface area contributed by atoms with E-state index in [0.29, 0.717) is 0 Å². The van der Waals surface area contributed by atoms with Crippen molar-refractivity contribution >= 4 is 43.9 Å². The Labute approximate surface area is 433 Å². The van der Waals surface area contributed by atoms with E-state index >= 15 is 0 Å². The van der Waals surface area contributed by atoms with Crippen molar-refractivity contribution in [1.29, 1.82) is 0 Å². The number of hydrogen-bond donors (Lipinski definition) is 0. The van der Waals surface area contributed by atoms with E-state index < -0.39 is 0 Å². The van der Waals surface area contributed by atoms with E-state index in [1.165, 1.54) is 122 Å². The molecule has 10 aromatic carbocycles. The third-order valence-electron chi connectivity index (χ3n) is 17.9. The summed E-state index contributed by atoms with van der Waals surface area (Å²) in [6.07, 6.45) is 1.85. The number of rotatable bonds is 7. The van der Waals surface area contributed by atoms with Gasteiger partial charge in [0.2, 0.25) is 0 Å². The molecular formula is C72H56O2. The van der Waals surface area contributed by atoms with Crippen LogP contribution in [0.5, 0.6) is 0 Å². The largest absolute Gasteiger partial charge is 0.456 e. The SMILES string of the molecule is CC1(C)c2cc(CC(Cc3ccc4c(c3)C(C)(C)c3cc(-c5ccccc5)c5oc6ccccc6c5c3-4)c3ccc(-c4ccccc4)cc3)ccc2-c2cc3c(cc21)-c1c(ccc2oc4ccccc4c12)C3(C)C. The van der Waals surface area contributed by atoms with Crippen LogP contribution in [0.1, 0.15) is 97.5 Å². The highest BCUT2D eigenvalue weighted by Gasteiger charge is 2.43. The van der Waals surface area contributed by atoms with Crippen LogP contribution >= 0.6 is 0 Å². The molecule has 2 aromatic heterocycles. The number of furan rings is 2. The van der Waals surface area contributed by atoms with Crippen molar-refractivity contribution < 1.29 is 8.83 Å². The van der Waals surface area contributed by atoms with Gasteiger partial charge in [0, 0.05) is 43.4 Å². The summed E-state index contributed by atoms with van der Waals surface area (Å²) in [5.41, 5.74) is 28.6. The predicted molar refractivity (Wildman–Crippen MR) is 308 cm³/mol. The fourth-order valence-corrected chi connectivity index (χ4v) is 14.0. The Kier molecular flexibility index (Phi) is 9.04. The fourth-order valence-electron chi connectivity index (χ4n) is 14.0. The molecule has 0 saturated heterocycles. The van der Waals surface area contributed by atoms with Crippen molar-refractivity contribution in [2.24, 2.45) is 0 Å². The molecule has 12 aromatic rings. The molecule has 0 aliphatic heterocycles. The summed E-state index contributed by atoms with van der Waals surface area (Å²) < 4.78 is 13.2. The summed E-state index contributed by atoms with van der Waals surface area (Å²) in [5, 5.41) is 4.82. The molecule has 1 atom stereocenters. The smallest absolute Gasteiger partial charge is 0.143 e. The first kappa shape index (κ1) is 43.4. The van der Waals surface area contributed by atoms with Crippen LogP contribution < -0.4 is 0 Å². The van der Waals surface area contributed by atoms with Gasteiger partial charge in [-0.1, -0.05) is 205 Å². The lowest BCUT2D eigenvalue weighted by atomic mass is 9.78. The molecule has 2 heterocycles. The molecule has 2 nitrogen and oxygen atoms in total. The van der Waals surface area contributed by atoms with E-state index in [9.17, 15) is 0 Å². The van der Waals surface area contributed by atoms with Gasteiger partial charge in [0.15, 0.2) is 0 Å². The monoisotopic (exact) mass is 952 g/mol. The zero-order valence-corrected chi connectivity index (χ0v) is 42.9. The zero-order chi connectivity index (χ0) is 49.8. The van der Waals surface area contributed by atoms with Crippen molar-refractivity contribution in [2.45, 2.75) is 76.5 Å². The molecule has 74 heavy (non-hydrogen) atoms. The molecule has 0 radical (unpaired) electrons. The first-order valence-corrected chi connectivity index (χ1v) is 26.5. The molecule has 2 heteroatoms. The van der Waals surface area contributed by atoms with Gasteiger partial charge in [-0.2, -0.15) is 0 Å². The Hall–Kier alpha value is -8.20. The summed E-state index contributed by atoms with van der Waals surface area (Å²) in [6, 6.07) is 74.8. The van der Waals surface area contributed by atoms with Crippen molar-refractivity contribution in [1.82, 2.24) is 0 Å². The summed E-state index contributed by atoms with van der Waals surface area (Å²) >= 11 is 0. The highest BCUT2D eigenvalue weighted by molar-refractivity contribution is 6.19. The topological polar surface area (TPSA) is 26.3 Å². The minimum Gasteiger partial charge on any atom is -0.456 e. The van der Waals surface area contributed by atoms with E-state index in [0.717, 1.165) is 40.7 Å². The van der Waals surface area contributed by atoms with Gasteiger partial charge in [-0.15, -0.1) is 0 Å². The quantitative estimate of drug-likeness (QED) is 0.159. The average Bonchev–Trinajstić information content (AvgIpc) is 4.18. The average molecular weight is 953 g/mol. The van der Waals surface area contributed by atoms with Crippen molar-refractivity contribution in [3.05, 3.63) is 250 Å². The lowest BCUT2D eigenvalue weighted by Crippen LogP contribution is -2.17. The van der Waals surface area contributed by atoms with E-state index in [1.807, 2.05) is 0 Å². The molecule has 0 spiro atoms. The standard InChI is InChI=1S/C72H56O2/c1-70(2)56-33-34-64-67(51-21-13-15-23-62(51)73-64)66(56)55-41-59-54(40-60(55)70)49-31-25-42(37-57(49)71(59,3)4)35-48(46-29-27-45(28-30-46)44-17-9-7-10-18-44)36-43-26-32-50-58(38-43)72(5,6)61-39-53(47-19-11-8-12-20-47)69-68(65(50)61)52-22-14-16-24-63(52)74-69/h7-34,37-41,48H,35-36H2,1-6H3. The summed E-state index contributed by atoms with van der Waals surface area (Å²) in [5.74, 6) is 0.247. The Bertz CT molecular complexity index is 4310. The van der Waals surface area contributed by atoms with Crippen molar-refractivity contribution in [3.8, 4) is 55.6 Å². The number of para-hydroxylation sites is 2. The van der Waals surface area contributed by atoms with Gasteiger partial charge in [0.25, 0.3) is 0 Å². The van der Waals surface area contributed by atoms with E-state index in [-0.39, 0.29) is 22.2 Å². The summed E-state index contributed by atoms with van der Waals surface area (Å²) in [6.45, 7) is 14.5. The van der Waals surface area contributed by atoms with Gasteiger partial charge in [-0.05, 0) is 155 Å². The third-order valence-corrected chi connectivity index (χ3v) is 17.9. The maximum absolute atomic E-state index is 6.78. The van der Waals surface area contributed by atoms with Crippen molar-refractivity contribution in [2.75, 3.05) is 0 Å². The molecule has 0 N–H and O–H groups in total. The van der Waals surface area contributed by atoms with E-state index in [1.54, 1.807) is 0 Å². The zero-order valence-electron chi connectivity index (χ0n) is 42.9. The second kappa shape index (κ2) is 15.4. The Morgan fingerprint density at radius 2 is 0.838 bits per heavy atom. The highest BCUT2D eigenvalue weighted by Crippen LogP contribution is 2.59. The molecule has 3 aliphatic carbocycles. The Morgan fingerprint density at radius 1 is 0.338 bits per heavy atom. The van der Waals surface area contributed by atoms with Crippen molar-refractivity contribution in [3.63, 3.8) is 0 Å². The summed E-state index contributed by atoms with van der Waals surface area (Å²) in [7, 11) is 0. The maximum atomic E-state index is 6.78. The maximum Gasteiger partial charge on any atom is 0.143 e. The number of hydrogen-bond acceptors (Lipinski definition) is 2.